The molecule has 1 heterocycles. The molecule has 1 aromatic rings. The van der Waals surface area contributed by atoms with Crippen LogP contribution in [0.1, 0.15) is 63.3 Å². The van der Waals surface area contributed by atoms with E-state index in [1.54, 1.807) is 0 Å². The van der Waals surface area contributed by atoms with Crippen LogP contribution < -0.4 is 10.1 Å². The van der Waals surface area contributed by atoms with E-state index in [2.05, 4.69) is 44.1 Å². The summed E-state index contributed by atoms with van der Waals surface area (Å²) in [6, 6.07) is 2.14. The Bertz CT molecular complexity index is 457. The highest BCUT2D eigenvalue weighted by Gasteiger charge is 2.20. The molecule has 1 saturated carbocycles. The molecule has 0 radical (unpaired) electrons. The van der Waals surface area contributed by atoms with Gasteiger partial charge in [-0.3, -0.25) is 0 Å². The van der Waals surface area contributed by atoms with Gasteiger partial charge in [0.2, 0.25) is 5.88 Å². The summed E-state index contributed by atoms with van der Waals surface area (Å²) in [5, 5.41) is 3.54. The van der Waals surface area contributed by atoms with Crippen LogP contribution in [-0.2, 0) is 6.54 Å². The summed E-state index contributed by atoms with van der Waals surface area (Å²) in [5.41, 5.74) is 3.61. The average Bonchev–Trinajstić information content (AvgIpc) is 2.78. The molecule has 0 atom stereocenters. The Balaban J connectivity index is 2.18. The van der Waals surface area contributed by atoms with E-state index >= 15 is 0 Å². The van der Waals surface area contributed by atoms with E-state index in [9.17, 15) is 0 Å². The first-order valence-electron chi connectivity index (χ1n) is 7.74. The number of nitrogens with one attached hydrogen (secondary N) is 1. The number of aromatic nitrogens is 1. The van der Waals surface area contributed by atoms with Crippen LogP contribution in [0, 0.1) is 13.8 Å². The molecule has 20 heavy (non-hydrogen) atoms. The minimum absolute atomic E-state index is 0.0992. The number of ether oxygens (including phenoxy) is 1. The van der Waals surface area contributed by atoms with Crippen LogP contribution >= 0.6 is 0 Å². The first kappa shape index (κ1) is 15.3. The van der Waals surface area contributed by atoms with Crippen LogP contribution in [-0.4, -0.2) is 16.6 Å². The third-order valence-electron chi connectivity index (χ3n) is 3.81. The first-order valence-corrected chi connectivity index (χ1v) is 7.74. The van der Waals surface area contributed by atoms with Crippen molar-refractivity contribution in [3.8, 4) is 5.88 Å². The lowest BCUT2D eigenvalue weighted by Gasteiger charge is -2.23. The van der Waals surface area contributed by atoms with Gasteiger partial charge in [0.05, 0.1) is 0 Å². The fourth-order valence-corrected chi connectivity index (χ4v) is 2.66. The molecule has 1 aromatic heterocycles. The molecule has 0 spiro atoms. The van der Waals surface area contributed by atoms with Crippen molar-refractivity contribution in [2.45, 2.75) is 78.5 Å². The van der Waals surface area contributed by atoms with E-state index in [1.165, 1.54) is 36.8 Å². The molecule has 3 heteroatoms. The smallest absolute Gasteiger partial charge is 0.218 e. The number of hydrogen-bond donors (Lipinski definition) is 1. The van der Waals surface area contributed by atoms with Gasteiger partial charge in [-0.15, -0.1) is 0 Å². The van der Waals surface area contributed by atoms with Crippen molar-refractivity contribution in [2.24, 2.45) is 0 Å². The van der Waals surface area contributed by atoms with Gasteiger partial charge in [-0.2, -0.15) is 0 Å². The Morgan fingerprint density at radius 3 is 2.50 bits per heavy atom. The largest absolute Gasteiger partial charge is 0.474 e. The van der Waals surface area contributed by atoms with Gasteiger partial charge in [-0.05, 0) is 71.9 Å². The summed E-state index contributed by atoms with van der Waals surface area (Å²) in [5.74, 6) is 0.839. The molecule has 0 saturated heterocycles. The third-order valence-corrected chi connectivity index (χ3v) is 3.81. The summed E-state index contributed by atoms with van der Waals surface area (Å²) in [6.45, 7) is 11.5. The molecule has 1 aliphatic carbocycles. The lowest BCUT2D eigenvalue weighted by atomic mass is 10.1. The van der Waals surface area contributed by atoms with Gasteiger partial charge in [0.1, 0.15) is 6.10 Å². The van der Waals surface area contributed by atoms with E-state index in [1.807, 2.05) is 6.92 Å². The van der Waals surface area contributed by atoms with Crippen molar-refractivity contribution in [1.82, 2.24) is 10.3 Å². The molecular weight excluding hydrogens is 248 g/mol. The first-order chi connectivity index (χ1) is 9.35. The fraction of sp³-hybridized carbons (Fsp3) is 0.706. The summed E-state index contributed by atoms with van der Waals surface area (Å²) in [7, 11) is 0. The van der Waals surface area contributed by atoms with Crippen LogP contribution in [0.5, 0.6) is 5.88 Å². The minimum Gasteiger partial charge on any atom is -0.474 e. The molecule has 112 valence electrons. The van der Waals surface area contributed by atoms with Crippen LogP contribution in [0.4, 0.5) is 0 Å². The number of rotatable bonds is 4. The molecule has 0 unspecified atom stereocenters. The Hall–Kier alpha value is -1.09. The normalized spacial score (nSPS) is 16.6. The predicted molar refractivity (Wildman–Crippen MR) is 83.2 cm³/mol. The topological polar surface area (TPSA) is 34.1 Å². The molecule has 1 N–H and O–H groups in total. The number of pyridine rings is 1. The van der Waals surface area contributed by atoms with Gasteiger partial charge in [0, 0.05) is 23.3 Å². The Labute approximate surface area is 123 Å². The molecule has 0 amide bonds. The summed E-state index contributed by atoms with van der Waals surface area (Å²) >= 11 is 0. The number of hydrogen-bond acceptors (Lipinski definition) is 3. The van der Waals surface area contributed by atoms with Crippen LogP contribution in [0.25, 0.3) is 0 Å². The molecule has 0 bridgehead atoms. The Morgan fingerprint density at radius 2 is 1.90 bits per heavy atom. The van der Waals surface area contributed by atoms with E-state index in [0.717, 1.165) is 18.1 Å². The SMILES string of the molecule is Cc1cc(C)c(CNC(C)(C)C)c(OC2CCCC2)n1. The van der Waals surface area contributed by atoms with Gasteiger partial charge in [0.15, 0.2) is 0 Å². The minimum atomic E-state index is 0.0992. The lowest BCUT2D eigenvalue weighted by molar-refractivity contribution is 0.198. The van der Waals surface area contributed by atoms with Crippen LogP contribution in [0.2, 0.25) is 0 Å². The second-order valence-corrected chi connectivity index (χ2v) is 6.99. The summed E-state index contributed by atoms with van der Waals surface area (Å²) in [4.78, 5) is 4.64. The zero-order valence-electron chi connectivity index (χ0n) is 13.5. The van der Waals surface area contributed by atoms with Crippen molar-refractivity contribution in [3.05, 3.63) is 22.9 Å². The highest BCUT2D eigenvalue weighted by Crippen LogP contribution is 2.27. The van der Waals surface area contributed by atoms with Gasteiger partial charge in [0.25, 0.3) is 0 Å². The van der Waals surface area contributed by atoms with Gasteiger partial charge in [-0.1, -0.05) is 0 Å². The molecule has 1 fully saturated rings. The average molecular weight is 276 g/mol. The Morgan fingerprint density at radius 1 is 1.25 bits per heavy atom. The maximum Gasteiger partial charge on any atom is 0.218 e. The second kappa shape index (κ2) is 6.13. The standard InChI is InChI=1S/C17H28N2O/c1-12-10-13(2)19-16(20-14-8-6-7-9-14)15(12)11-18-17(3,4)5/h10,14,18H,6-9,11H2,1-5H3. The van der Waals surface area contributed by atoms with Crippen LogP contribution in [0.15, 0.2) is 6.07 Å². The lowest BCUT2D eigenvalue weighted by Crippen LogP contribution is -2.35. The molecule has 2 rings (SSSR count). The van der Waals surface area contributed by atoms with Crippen molar-refractivity contribution >= 4 is 0 Å². The van der Waals surface area contributed by atoms with Gasteiger partial charge in [-0.25, -0.2) is 4.98 Å². The zero-order chi connectivity index (χ0) is 14.8. The molecule has 3 nitrogen and oxygen atoms in total. The molecule has 0 aliphatic heterocycles. The van der Waals surface area contributed by atoms with Crippen molar-refractivity contribution in [1.29, 1.82) is 0 Å². The predicted octanol–water partition coefficient (Wildman–Crippen LogP) is 3.91. The Kier molecular flexibility index (Phi) is 4.69. The zero-order valence-corrected chi connectivity index (χ0v) is 13.5. The highest BCUT2D eigenvalue weighted by atomic mass is 16.5. The van der Waals surface area contributed by atoms with Crippen LogP contribution in [0.3, 0.4) is 0 Å². The fourth-order valence-electron chi connectivity index (χ4n) is 2.66. The monoisotopic (exact) mass is 276 g/mol. The van der Waals surface area contributed by atoms with Crippen molar-refractivity contribution in [2.75, 3.05) is 0 Å². The van der Waals surface area contributed by atoms with E-state index in [-0.39, 0.29) is 5.54 Å². The van der Waals surface area contributed by atoms with E-state index in [4.69, 9.17) is 4.74 Å². The molecular formula is C17H28N2O. The maximum absolute atomic E-state index is 6.18. The number of nitrogens with zero attached hydrogens (tertiary/aromatic N) is 1. The van der Waals surface area contributed by atoms with Gasteiger partial charge < -0.3 is 10.1 Å². The summed E-state index contributed by atoms with van der Waals surface area (Å²) < 4.78 is 6.18. The van der Waals surface area contributed by atoms with Crippen molar-refractivity contribution in [3.63, 3.8) is 0 Å². The van der Waals surface area contributed by atoms with E-state index in [0.29, 0.717) is 6.10 Å². The van der Waals surface area contributed by atoms with Gasteiger partial charge >= 0.3 is 0 Å². The molecule has 0 aromatic carbocycles. The highest BCUT2D eigenvalue weighted by molar-refractivity contribution is 5.36. The van der Waals surface area contributed by atoms with E-state index < -0.39 is 0 Å². The number of aryl methyl sites for hydroxylation is 2. The second-order valence-electron chi connectivity index (χ2n) is 6.99. The molecule has 1 aliphatic rings. The third kappa shape index (κ3) is 4.20. The quantitative estimate of drug-likeness (QED) is 0.905. The maximum atomic E-state index is 6.18. The van der Waals surface area contributed by atoms with Crippen molar-refractivity contribution < 1.29 is 4.74 Å². The summed E-state index contributed by atoms with van der Waals surface area (Å²) in [6.07, 6.45) is 5.26.